The number of carbonyl (C=O) groups excluding carboxylic acids is 2. The molecule has 2 aromatic rings. The molecule has 0 bridgehead atoms. The van der Waals surface area contributed by atoms with E-state index in [0.717, 1.165) is 35.1 Å². The molecule has 2 atom stereocenters. The van der Waals surface area contributed by atoms with E-state index in [4.69, 9.17) is 4.74 Å². The summed E-state index contributed by atoms with van der Waals surface area (Å²) in [4.78, 5) is 38.3. The maximum Gasteiger partial charge on any atom is 0.407 e. The number of carbonyl (C=O) groups is 3. The Morgan fingerprint density at radius 1 is 1.06 bits per heavy atom. The van der Waals surface area contributed by atoms with E-state index in [1.807, 2.05) is 38.1 Å². The second-order valence-corrected chi connectivity index (χ2v) is 9.29. The Morgan fingerprint density at radius 3 is 2.18 bits per heavy atom. The van der Waals surface area contributed by atoms with Gasteiger partial charge in [0.15, 0.2) is 0 Å². The van der Waals surface area contributed by atoms with Gasteiger partial charge in [-0.2, -0.15) is 0 Å². The van der Waals surface area contributed by atoms with Gasteiger partial charge in [0.25, 0.3) is 0 Å². The van der Waals surface area contributed by atoms with Crippen molar-refractivity contribution >= 4 is 18.0 Å². The van der Waals surface area contributed by atoms with Gasteiger partial charge < -0.3 is 20.1 Å². The molecule has 0 saturated heterocycles. The lowest BCUT2D eigenvalue weighted by Crippen LogP contribution is -2.46. The zero-order chi connectivity index (χ0) is 24.2. The molecule has 0 radical (unpaired) electrons. The number of rotatable bonds is 10. The van der Waals surface area contributed by atoms with Crippen LogP contribution in [0.1, 0.15) is 56.6 Å². The fraction of sp³-hybridized carbons (Fsp3) is 0.444. The zero-order valence-electron chi connectivity index (χ0n) is 19.7. The molecule has 0 aromatic heterocycles. The van der Waals surface area contributed by atoms with Gasteiger partial charge in [-0.3, -0.25) is 9.59 Å². The van der Waals surface area contributed by atoms with E-state index < -0.39 is 12.1 Å². The number of fused-ring (bicyclic) bond motifs is 3. The maximum atomic E-state index is 12.9. The number of hydrogen-bond donors (Lipinski definition) is 2. The summed E-state index contributed by atoms with van der Waals surface area (Å²) in [5.41, 5.74) is 4.61. The minimum Gasteiger partial charge on any atom is -0.480 e. The van der Waals surface area contributed by atoms with Crippen molar-refractivity contribution in [3.05, 3.63) is 59.7 Å². The Kier molecular flexibility index (Phi) is 7.20. The number of hydrogen-bond acceptors (Lipinski definition) is 4. The minimum atomic E-state index is -1.04. The number of benzene rings is 2. The van der Waals surface area contributed by atoms with Crippen LogP contribution in [0.15, 0.2) is 48.5 Å². The maximum absolute atomic E-state index is 12.9. The molecule has 180 valence electrons. The lowest BCUT2D eigenvalue weighted by molar-refractivity contribution is -0.146. The molecule has 0 spiro atoms. The molecule has 2 unspecified atom stereocenters. The molecular formula is C27H32N2O5. The van der Waals surface area contributed by atoms with Gasteiger partial charge in [-0.15, -0.1) is 0 Å². The van der Waals surface area contributed by atoms with Crippen LogP contribution in [0.3, 0.4) is 0 Å². The predicted octanol–water partition coefficient (Wildman–Crippen LogP) is 4.41. The third-order valence-electron chi connectivity index (χ3n) is 6.98. The van der Waals surface area contributed by atoms with E-state index in [-0.39, 0.29) is 49.4 Å². The summed E-state index contributed by atoms with van der Waals surface area (Å²) in [6.07, 6.45) is 2.06. The summed E-state index contributed by atoms with van der Waals surface area (Å²) >= 11 is 0. The van der Waals surface area contributed by atoms with Crippen LogP contribution < -0.4 is 5.32 Å². The molecule has 1 saturated carbocycles. The van der Waals surface area contributed by atoms with Gasteiger partial charge in [0.1, 0.15) is 13.2 Å². The van der Waals surface area contributed by atoms with E-state index in [1.165, 1.54) is 4.90 Å². The number of aliphatic carboxylic acids is 1. The summed E-state index contributed by atoms with van der Waals surface area (Å²) < 4.78 is 5.65. The largest absolute Gasteiger partial charge is 0.480 e. The first-order valence-corrected chi connectivity index (χ1v) is 12.0. The van der Waals surface area contributed by atoms with Crippen LogP contribution in [0, 0.1) is 5.92 Å². The zero-order valence-corrected chi connectivity index (χ0v) is 19.7. The highest BCUT2D eigenvalue weighted by molar-refractivity contribution is 5.83. The van der Waals surface area contributed by atoms with Gasteiger partial charge in [-0.25, -0.2) is 4.79 Å². The van der Waals surface area contributed by atoms with Gasteiger partial charge >= 0.3 is 12.1 Å². The van der Waals surface area contributed by atoms with Crippen molar-refractivity contribution in [3.63, 3.8) is 0 Å². The molecule has 2 aliphatic rings. The molecule has 7 nitrogen and oxygen atoms in total. The van der Waals surface area contributed by atoms with Crippen molar-refractivity contribution < 1.29 is 24.2 Å². The van der Waals surface area contributed by atoms with Crippen molar-refractivity contribution in [2.45, 2.75) is 57.5 Å². The summed E-state index contributed by atoms with van der Waals surface area (Å²) in [5, 5.41) is 12.1. The van der Waals surface area contributed by atoms with Crippen LogP contribution >= 0.6 is 0 Å². The molecule has 0 heterocycles. The first-order valence-electron chi connectivity index (χ1n) is 12.0. The summed E-state index contributed by atoms with van der Waals surface area (Å²) in [6, 6.07) is 15.8. The monoisotopic (exact) mass is 464 g/mol. The average Bonchev–Trinajstić information content (AvgIpc) is 3.63. The van der Waals surface area contributed by atoms with Gasteiger partial charge in [0.05, 0.1) is 0 Å². The van der Waals surface area contributed by atoms with Gasteiger partial charge in [0.2, 0.25) is 5.91 Å². The molecule has 2 amide bonds. The topological polar surface area (TPSA) is 95.9 Å². The normalized spacial score (nSPS) is 16.2. The molecule has 2 aromatic carbocycles. The summed E-state index contributed by atoms with van der Waals surface area (Å²) in [6.45, 7) is 3.63. The number of nitrogens with zero attached hydrogens (tertiary/aromatic N) is 1. The van der Waals surface area contributed by atoms with Crippen molar-refractivity contribution in [1.82, 2.24) is 10.2 Å². The van der Waals surface area contributed by atoms with Crippen molar-refractivity contribution in [3.8, 4) is 11.1 Å². The Balaban J connectivity index is 1.39. The van der Waals surface area contributed by atoms with Crippen molar-refractivity contribution in [1.29, 1.82) is 0 Å². The van der Waals surface area contributed by atoms with Crippen LogP contribution in [0.4, 0.5) is 4.79 Å². The number of nitrogens with one attached hydrogen (secondary N) is 1. The van der Waals surface area contributed by atoms with E-state index >= 15 is 0 Å². The van der Waals surface area contributed by atoms with Crippen molar-refractivity contribution in [2.24, 2.45) is 5.92 Å². The quantitative estimate of drug-likeness (QED) is 0.543. The van der Waals surface area contributed by atoms with Crippen LogP contribution in [0.5, 0.6) is 0 Å². The van der Waals surface area contributed by atoms with Crippen LogP contribution in [-0.4, -0.2) is 53.2 Å². The number of carboxylic acid groups (broad SMARTS) is 1. The fourth-order valence-corrected chi connectivity index (χ4v) is 4.79. The minimum absolute atomic E-state index is 0.0318. The Morgan fingerprint density at radius 2 is 1.65 bits per heavy atom. The second-order valence-electron chi connectivity index (χ2n) is 9.29. The highest BCUT2D eigenvalue weighted by atomic mass is 16.5. The third-order valence-corrected chi connectivity index (χ3v) is 6.98. The van der Waals surface area contributed by atoms with Gasteiger partial charge in [-0.1, -0.05) is 55.5 Å². The average molecular weight is 465 g/mol. The Labute approximate surface area is 200 Å². The molecular weight excluding hydrogens is 432 g/mol. The smallest absolute Gasteiger partial charge is 0.407 e. The Hall–Kier alpha value is -3.35. The van der Waals surface area contributed by atoms with E-state index in [9.17, 15) is 19.5 Å². The van der Waals surface area contributed by atoms with Gasteiger partial charge in [0, 0.05) is 24.4 Å². The molecule has 2 N–H and O–H groups in total. The molecule has 34 heavy (non-hydrogen) atoms. The van der Waals surface area contributed by atoms with E-state index in [1.54, 1.807) is 0 Å². The molecule has 1 fully saturated rings. The number of alkyl carbamates (subject to hydrolysis) is 1. The first kappa shape index (κ1) is 23.8. The van der Waals surface area contributed by atoms with Gasteiger partial charge in [-0.05, 0) is 54.4 Å². The van der Waals surface area contributed by atoms with Crippen LogP contribution in [-0.2, 0) is 14.3 Å². The fourth-order valence-electron chi connectivity index (χ4n) is 4.79. The highest BCUT2D eigenvalue weighted by Crippen LogP contribution is 2.44. The standard InChI is InChI=1S/C27H32N2O5/c1-3-17(2)29(15-26(31)32)25(30)14-24(18-12-13-18)28-27(33)34-16-23-21-10-6-4-8-19(21)20-9-5-7-11-22(20)23/h4-11,17-18,23-24H,3,12-16H2,1-2H3,(H,28,33)(H,31,32). The van der Waals surface area contributed by atoms with Crippen LogP contribution in [0.25, 0.3) is 11.1 Å². The third kappa shape index (κ3) is 5.24. The predicted molar refractivity (Wildman–Crippen MR) is 128 cm³/mol. The van der Waals surface area contributed by atoms with E-state index in [2.05, 4.69) is 29.6 Å². The number of ether oxygens (including phenoxy) is 1. The Bertz CT molecular complexity index is 1020. The molecule has 2 aliphatic carbocycles. The first-order chi connectivity index (χ1) is 16.4. The number of carboxylic acids is 1. The summed E-state index contributed by atoms with van der Waals surface area (Å²) in [7, 11) is 0. The van der Waals surface area contributed by atoms with E-state index in [0.29, 0.717) is 6.42 Å². The summed E-state index contributed by atoms with van der Waals surface area (Å²) in [5.74, 6) is -1.11. The SMILES string of the molecule is CCC(C)N(CC(=O)O)C(=O)CC(NC(=O)OCC1c2ccccc2-c2ccccc21)C1CC1. The van der Waals surface area contributed by atoms with Crippen LogP contribution in [0.2, 0.25) is 0 Å². The molecule has 7 heteroatoms. The van der Waals surface area contributed by atoms with Crippen molar-refractivity contribution in [2.75, 3.05) is 13.2 Å². The lowest BCUT2D eigenvalue weighted by atomic mass is 9.98. The lowest BCUT2D eigenvalue weighted by Gasteiger charge is -2.29. The molecule has 0 aliphatic heterocycles. The molecule has 4 rings (SSSR count). The number of amides is 2. The second kappa shape index (κ2) is 10.3. The highest BCUT2D eigenvalue weighted by Gasteiger charge is 2.36.